The van der Waals surface area contributed by atoms with Gasteiger partial charge in [0.1, 0.15) is 11.8 Å². The first kappa shape index (κ1) is 20.3. The molecule has 0 atom stereocenters. The molecule has 158 valence electrons. The van der Waals surface area contributed by atoms with Crippen LogP contribution in [0.2, 0.25) is 0 Å². The van der Waals surface area contributed by atoms with Crippen molar-refractivity contribution in [2.75, 3.05) is 37.7 Å². The zero-order valence-electron chi connectivity index (χ0n) is 17.2. The molecular formula is C23H22N4O4. The molecule has 1 fully saturated rings. The number of aromatic nitrogens is 1. The first-order valence-corrected chi connectivity index (χ1v) is 10.1. The SMILES string of the molecule is CCOc1ccc(/C=C/c2nc(C#N)c(N3CCN(C(=O)c4ccco4)CC3)o2)cc1. The highest BCUT2D eigenvalue weighted by Gasteiger charge is 2.27. The predicted molar refractivity (Wildman–Crippen MR) is 115 cm³/mol. The van der Waals surface area contributed by atoms with Crippen LogP contribution in [0.3, 0.4) is 0 Å². The molecule has 0 aliphatic carbocycles. The molecule has 1 amide bonds. The maximum absolute atomic E-state index is 12.4. The third kappa shape index (κ3) is 4.61. The van der Waals surface area contributed by atoms with Gasteiger partial charge in [0.25, 0.3) is 5.91 Å². The Hall–Kier alpha value is -3.99. The van der Waals surface area contributed by atoms with Gasteiger partial charge in [0.05, 0.1) is 12.9 Å². The van der Waals surface area contributed by atoms with Gasteiger partial charge in [-0.3, -0.25) is 4.79 Å². The Labute approximate surface area is 179 Å². The number of nitriles is 1. The molecule has 3 heterocycles. The van der Waals surface area contributed by atoms with E-state index in [0.29, 0.717) is 50.3 Å². The normalized spacial score (nSPS) is 14.1. The van der Waals surface area contributed by atoms with Crippen LogP contribution in [0, 0.1) is 11.3 Å². The number of amides is 1. The number of hydrogen-bond donors (Lipinski definition) is 0. The van der Waals surface area contributed by atoms with Crippen LogP contribution in [0.1, 0.15) is 34.6 Å². The molecule has 0 spiro atoms. The standard InChI is InChI=1S/C23H22N4O4/c1-2-29-18-8-5-17(6-9-18)7-10-21-25-19(16-24)23(31-21)27-13-11-26(12-14-27)22(28)20-4-3-15-30-20/h3-10,15H,2,11-14H2,1H3/b10-7+. The van der Waals surface area contributed by atoms with E-state index in [-0.39, 0.29) is 11.6 Å². The monoisotopic (exact) mass is 418 g/mol. The molecule has 3 aromatic rings. The lowest BCUT2D eigenvalue weighted by Crippen LogP contribution is -2.48. The average Bonchev–Trinajstić information content (AvgIpc) is 3.49. The third-order valence-electron chi connectivity index (χ3n) is 4.93. The van der Waals surface area contributed by atoms with Crippen molar-refractivity contribution in [2.45, 2.75) is 6.92 Å². The summed E-state index contributed by atoms with van der Waals surface area (Å²) >= 11 is 0. The third-order valence-corrected chi connectivity index (χ3v) is 4.93. The van der Waals surface area contributed by atoms with E-state index >= 15 is 0 Å². The molecule has 1 saturated heterocycles. The number of rotatable bonds is 6. The van der Waals surface area contributed by atoms with Gasteiger partial charge in [0.2, 0.25) is 17.5 Å². The Morgan fingerprint density at radius 3 is 2.61 bits per heavy atom. The quantitative estimate of drug-likeness (QED) is 0.603. The molecular weight excluding hydrogens is 396 g/mol. The number of carbonyl (C=O) groups is 1. The van der Waals surface area contributed by atoms with E-state index in [0.717, 1.165) is 11.3 Å². The largest absolute Gasteiger partial charge is 0.494 e. The minimum Gasteiger partial charge on any atom is -0.494 e. The second kappa shape index (κ2) is 9.22. The van der Waals surface area contributed by atoms with Gasteiger partial charge >= 0.3 is 0 Å². The lowest BCUT2D eigenvalue weighted by molar-refractivity contribution is 0.0713. The predicted octanol–water partition coefficient (Wildman–Crippen LogP) is 3.67. The number of carbonyl (C=O) groups excluding carboxylic acids is 1. The molecule has 2 aromatic heterocycles. The smallest absolute Gasteiger partial charge is 0.289 e. The van der Waals surface area contributed by atoms with Crippen LogP contribution < -0.4 is 9.64 Å². The van der Waals surface area contributed by atoms with E-state index in [1.54, 1.807) is 23.1 Å². The molecule has 1 aliphatic heterocycles. The fourth-order valence-corrected chi connectivity index (χ4v) is 3.36. The second-order valence-corrected chi connectivity index (χ2v) is 6.91. The average molecular weight is 418 g/mol. The van der Waals surface area contributed by atoms with E-state index in [4.69, 9.17) is 13.6 Å². The molecule has 4 rings (SSSR count). The molecule has 31 heavy (non-hydrogen) atoms. The highest BCUT2D eigenvalue weighted by Crippen LogP contribution is 2.25. The molecule has 0 radical (unpaired) electrons. The lowest BCUT2D eigenvalue weighted by atomic mass is 10.2. The van der Waals surface area contributed by atoms with Crippen LogP contribution in [-0.2, 0) is 0 Å². The first-order chi connectivity index (χ1) is 15.2. The van der Waals surface area contributed by atoms with Crippen molar-refractivity contribution in [2.24, 2.45) is 0 Å². The summed E-state index contributed by atoms with van der Waals surface area (Å²) in [7, 11) is 0. The molecule has 0 bridgehead atoms. The van der Waals surface area contributed by atoms with Gasteiger partial charge in [-0.25, -0.2) is 0 Å². The Kier molecular flexibility index (Phi) is 6.03. The topological polar surface area (TPSA) is 95.7 Å². The summed E-state index contributed by atoms with van der Waals surface area (Å²) in [5.74, 6) is 1.79. The molecule has 0 saturated carbocycles. The molecule has 8 heteroatoms. The van der Waals surface area contributed by atoms with Crippen molar-refractivity contribution in [3.63, 3.8) is 0 Å². The number of ether oxygens (including phenoxy) is 1. The highest BCUT2D eigenvalue weighted by atomic mass is 16.5. The maximum atomic E-state index is 12.4. The van der Waals surface area contributed by atoms with Crippen LogP contribution >= 0.6 is 0 Å². The van der Waals surface area contributed by atoms with Gasteiger partial charge in [-0.1, -0.05) is 12.1 Å². The Balaban J connectivity index is 1.42. The van der Waals surface area contributed by atoms with Crippen molar-refractivity contribution in [1.29, 1.82) is 5.26 Å². The summed E-state index contributed by atoms with van der Waals surface area (Å²) in [5.41, 5.74) is 1.20. The number of oxazole rings is 1. The summed E-state index contributed by atoms with van der Waals surface area (Å²) < 4.78 is 16.5. The first-order valence-electron chi connectivity index (χ1n) is 10.1. The van der Waals surface area contributed by atoms with Gasteiger partial charge in [-0.15, -0.1) is 0 Å². The molecule has 1 aliphatic rings. The van der Waals surface area contributed by atoms with Gasteiger partial charge in [-0.2, -0.15) is 10.2 Å². The zero-order valence-corrected chi connectivity index (χ0v) is 17.2. The van der Waals surface area contributed by atoms with E-state index < -0.39 is 0 Å². The van der Waals surface area contributed by atoms with Gasteiger partial charge in [-0.05, 0) is 42.8 Å². The van der Waals surface area contributed by atoms with Crippen LogP contribution in [0.15, 0.2) is 51.5 Å². The van der Waals surface area contributed by atoms with Crippen LogP contribution in [0.4, 0.5) is 5.88 Å². The van der Waals surface area contributed by atoms with E-state index in [1.165, 1.54) is 6.26 Å². The lowest BCUT2D eigenvalue weighted by Gasteiger charge is -2.34. The number of hydrogen-bond acceptors (Lipinski definition) is 7. The molecule has 1 aromatic carbocycles. The Morgan fingerprint density at radius 2 is 1.97 bits per heavy atom. The van der Waals surface area contributed by atoms with Crippen LogP contribution in [0.5, 0.6) is 5.75 Å². The minimum absolute atomic E-state index is 0.137. The molecule has 0 unspecified atom stereocenters. The number of furan rings is 1. The molecule has 8 nitrogen and oxygen atoms in total. The molecule has 0 N–H and O–H groups in total. The number of anilines is 1. The van der Waals surface area contributed by atoms with Crippen molar-refractivity contribution in [3.05, 3.63) is 65.6 Å². The summed E-state index contributed by atoms with van der Waals surface area (Å²) in [5, 5.41) is 9.48. The van der Waals surface area contributed by atoms with E-state index in [1.807, 2.05) is 42.2 Å². The second-order valence-electron chi connectivity index (χ2n) is 6.91. The Bertz CT molecular complexity index is 1090. The van der Waals surface area contributed by atoms with Gasteiger partial charge in [0, 0.05) is 32.3 Å². The van der Waals surface area contributed by atoms with Crippen molar-refractivity contribution < 1.29 is 18.4 Å². The fourth-order valence-electron chi connectivity index (χ4n) is 3.36. The van der Waals surface area contributed by atoms with Crippen LogP contribution in [0.25, 0.3) is 12.2 Å². The van der Waals surface area contributed by atoms with Crippen molar-refractivity contribution in [1.82, 2.24) is 9.88 Å². The van der Waals surface area contributed by atoms with Crippen molar-refractivity contribution in [3.8, 4) is 11.8 Å². The summed E-state index contributed by atoms with van der Waals surface area (Å²) in [6.07, 6.45) is 5.09. The number of nitrogens with zero attached hydrogens (tertiary/aromatic N) is 4. The Morgan fingerprint density at radius 1 is 1.19 bits per heavy atom. The van der Waals surface area contributed by atoms with Gasteiger partial charge in [0.15, 0.2) is 5.76 Å². The maximum Gasteiger partial charge on any atom is 0.289 e. The summed E-state index contributed by atoms with van der Waals surface area (Å²) in [6.45, 7) is 4.65. The van der Waals surface area contributed by atoms with Crippen molar-refractivity contribution >= 4 is 23.9 Å². The van der Waals surface area contributed by atoms with E-state index in [9.17, 15) is 10.1 Å². The zero-order chi connectivity index (χ0) is 21.6. The van der Waals surface area contributed by atoms with Gasteiger partial charge < -0.3 is 23.4 Å². The fraction of sp³-hybridized carbons (Fsp3) is 0.261. The summed E-state index contributed by atoms with van der Waals surface area (Å²) in [4.78, 5) is 20.4. The number of piperazine rings is 1. The van der Waals surface area contributed by atoms with E-state index in [2.05, 4.69) is 11.1 Å². The number of benzene rings is 1. The van der Waals surface area contributed by atoms with Crippen LogP contribution in [-0.4, -0.2) is 48.6 Å². The minimum atomic E-state index is -0.137. The summed E-state index contributed by atoms with van der Waals surface area (Å²) in [6, 6.07) is 13.1. The highest BCUT2D eigenvalue weighted by molar-refractivity contribution is 5.91.